The van der Waals surface area contributed by atoms with E-state index in [1.54, 1.807) is 23.5 Å². The van der Waals surface area contributed by atoms with E-state index in [0.29, 0.717) is 29.5 Å². The zero-order chi connectivity index (χ0) is 51.2. The van der Waals surface area contributed by atoms with Crippen molar-refractivity contribution in [3.05, 3.63) is 126 Å². The number of hydrogen-bond acceptors (Lipinski definition) is 16. The van der Waals surface area contributed by atoms with Crippen molar-refractivity contribution in [2.24, 2.45) is 4.99 Å². The number of ether oxygens (including phenoxy) is 2. The van der Waals surface area contributed by atoms with Crippen molar-refractivity contribution in [3.63, 3.8) is 0 Å². The Hall–Kier alpha value is -8.05. The second-order valence-electron chi connectivity index (χ2n) is 16.9. The molecule has 3 aliphatic rings. The van der Waals surface area contributed by atoms with Crippen LogP contribution in [-0.2, 0) is 30.5 Å². The number of nitrogens with one attached hydrogen (secondary N) is 5. The van der Waals surface area contributed by atoms with Crippen LogP contribution in [0, 0.1) is 30.9 Å². The smallest absolute Gasteiger partial charge is 0.407 e. The number of rotatable bonds is 19. The van der Waals surface area contributed by atoms with Crippen LogP contribution in [0.2, 0.25) is 5.02 Å². The number of nitro groups is 1. The van der Waals surface area contributed by atoms with E-state index in [2.05, 4.69) is 43.7 Å². The van der Waals surface area contributed by atoms with Crippen LogP contribution in [-0.4, -0.2) is 111 Å². The number of benzene rings is 3. The average Bonchev–Trinajstić information content (AvgIpc) is 3.93. The molecule has 1 fully saturated rings. The van der Waals surface area contributed by atoms with Crippen molar-refractivity contribution in [3.8, 4) is 10.8 Å². The standard InChI is InChI=1S/C48H48ClN11O11S/c1-25-26(2)72-47-40(25)42(28-9-11-30(49)12-10-28)54-34(43-57-56-27(3)58(43)47)22-38(62)50-17-5-18-52-48(67)71-24-29-21-31(13-14-35(29)60(68)69)70-20-6-19-51-39(63)23-53-33-8-4-7-32-41(33)46(66)59(45(32)65)36-15-16-37(61)55-44(36)64/h4,7-14,21,34,36,53H,5-6,15-20,22-24H2,1-3H3,(H,50,62)(H,51,63)(H,52,67)(H,55,61,64)/t34-,36?/m0/s1. The molecule has 3 aliphatic heterocycles. The summed E-state index contributed by atoms with van der Waals surface area (Å²) in [6, 6.07) is 14.2. The summed E-state index contributed by atoms with van der Waals surface area (Å²) >= 11 is 7.83. The maximum atomic E-state index is 13.3. The highest BCUT2D eigenvalue weighted by molar-refractivity contribution is 7.15. The van der Waals surface area contributed by atoms with Crippen molar-refractivity contribution in [2.45, 2.75) is 71.6 Å². The summed E-state index contributed by atoms with van der Waals surface area (Å²) in [5.74, 6) is -1.83. The van der Waals surface area contributed by atoms with Crippen molar-refractivity contribution < 1.29 is 48.0 Å². The first-order valence-corrected chi connectivity index (χ1v) is 24.1. The number of aliphatic imine (C=N–C) groups is 1. The molecule has 0 spiro atoms. The zero-order valence-corrected chi connectivity index (χ0v) is 40.7. The van der Waals surface area contributed by atoms with Gasteiger partial charge in [0.05, 0.1) is 46.9 Å². The Morgan fingerprint density at radius 3 is 2.43 bits per heavy atom. The van der Waals surface area contributed by atoms with E-state index in [9.17, 15) is 43.7 Å². The van der Waals surface area contributed by atoms with E-state index in [1.165, 1.54) is 36.4 Å². The molecule has 5 N–H and O–H groups in total. The Bertz CT molecular complexity index is 3040. The van der Waals surface area contributed by atoms with Crippen LogP contribution in [0.4, 0.5) is 16.2 Å². The van der Waals surface area contributed by atoms with E-state index in [4.69, 9.17) is 26.1 Å². The van der Waals surface area contributed by atoms with Crippen LogP contribution in [0.3, 0.4) is 0 Å². The monoisotopic (exact) mass is 1020 g/mol. The molecule has 0 bridgehead atoms. The van der Waals surface area contributed by atoms with E-state index in [1.807, 2.05) is 30.5 Å². The number of aryl methyl sites for hydroxylation is 2. The Morgan fingerprint density at radius 2 is 1.67 bits per heavy atom. The quantitative estimate of drug-likeness (QED) is 0.0318. The van der Waals surface area contributed by atoms with Gasteiger partial charge in [0, 0.05) is 58.8 Å². The van der Waals surface area contributed by atoms with Gasteiger partial charge < -0.3 is 30.7 Å². The number of fused-ring (bicyclic) bond motifs is 4. The number of anilines is 1. The molecule has 7 amide bonds. The maximum Gasteiger partial charge on any atom is 0.407 e. The first kappa shape index (κ1) is 50.3. The number of alkyl carbamates (subject to hydrolysis) is 1. The number of aromatic nitrogens is 3. The lowest BCUT2D eigenvalue weighted by atomic mass is 9.99. The molecule has 1 unspecified atom stereocenters. The molecule has 5 aromatic rings. The number of thiophene rings is 1. The summed E-state index contributed by atoms with van der Waals surface area (Å²) < 4.78 is 13.0. The Kier molecular flexibility index (Phi) is 15.3. The van der Waals surface area contributed by atoms with Gasteiger partial charge >= 0.3 is 6.09 Å². The summed E-state index contributed by atoms with van der Waals surface area (Å²) in [6.45, 7) is 5.91. The molecule has 374 valence electrons. The van der Waals surface area contributed by atoms with Crippen molar-refractivity contribution >= 4 is 81.6 Å². The Morgan fingerprint density at radius 1 is 0.917 bits per heavy atom. The zero-order valence-electron chi connectivity index (χ0n) is 39.2. The summed E-state index contributed by atoms with van der Waals surface area (Å²) in [7, 11) is 0. The molecule has 22 nitrogen and oxygen atoms in total. The van der Waals surface area contributed by atoms with Gasteiger partial charge in [-0.1, -0.05) is 29.8 Å². The molecule has 1 saturated heterocycles. The lowest BCUT2D eigenvalue weighted by Crippen LogP contribution is -2.54. The lowest BCUT2D eigenvalue weighted by molar-refractivity contribution is -0.385. The van der Waals surface area contributed by atoms with E-state index in [-0.39, 0.29) is 91.8 Å². The summed E-state index contributed by atoms with van der Waals surface area (Å²) in [6.07, 6.45) is -0.162. The minimum absolute atomic E-state index is 0.00925. The van der Waals surface area contributed by atoms with Crippen LogP contribution in [0.5, 0.6) is 5.75 Å². The van der Waals surface area contributed by atoms with Gasteiger partial charge in [0.1, 0.15) is 35.3 Å². The van der Waals surface area contributed by atoms with Gasteiger partial charge in [-0.3, -0.25) is 58.7 Å². The van der Waals surface area contributed by atoms with Gasteiger partial charge in [0.25, 0.3) is 17.5 Å². The molecule has 0 radical (unpaired) electrons. The first-order chi connectivity index (χ1) is 34.6. The summed E-state index contributed by atoms with van der Waals surface area (Å²) in [4.78, 5) is 107. The van der Waals surface area contributed by atoms with Crippen molar-refractivity contribution in [2.75, 3.05) is 38.1 Å². The van der Waals surface area contributed by atoms with E-state index in [0.717, 1.165) is 37.2 Å². The molecular formula is C48H48ClN11O11S. The molecular weight excluding hydrogens is 974 g/mol. The number of nitrogens with zero attached hydrogens (tertiary/aromatic N) is 6. The normalized spacial score (nSPS) is 15.9. The first-order valence-electron chi connectivity index (χ1n) is 22.9. The number of piperidine rings is 1. The maximum absolute atomic E-state index is 13.3. The molecule has 24 heteroatoms. The number of amides is 7. The highest BCUT2D eigenvalue weighted by atomic mass is 35.5. The van der Waals surface area contributed by atoms with Crippen molar-refractivity contribution in [1.29, 1.82) is 0 Å². The summed E-state index contributed by atoms with van der Waals surface area (Å²) in [5.41, 5.74) is 3.71. The summed E-state index contributed by atoms with van der Waals surface area (Å²) in [5, 5.41) is 35.3. The fourth-order valence-corrected chi connectivity index (χ4v) is 9.76. The molecule has 2 aromatic heterocycles. The van der Waals surface area contributed by atoms with Crippen LogP contribution in [0.1, 0.15) is 97.6 Å². The number of hydrogen-bond donors (Lipinski definition) is 5. The molecule has 0 aliphatic carbocycles. The van der Waals surface area contributed by atoms with Crippen LogP contribution in [0.25, 0.3) is 5.00 Å². The second kappa shape index (κ2) is 21.9. The van der Waals surface area contributed by atoms with E-state index < -0.39 is 59.2 Å². The van der Waals surface area contributed by atoms with Gasteiger partial charge in [0.2, 0.25) is 23.6 Å². The fraction of sp³-hybridized carbons (Fsp3) is 0.333. The van der Waals surface area contributed by atoms with Crippen LogP contribution in [0.15, 0.2) is 65.7 Å². The second-order valence-corrected chi connectivity index (χ2v) is 18.6. The Labute approximate surface area is 420 Å². The van der Waals surface area contributed by atoms with Gasteiger partial charge in [-0.05, 0) is 82.0 Å². The SMILES string of the molecule is Cc1sc2c(c1C)C(c1ccc(Cl)cc1)=N[C@@H](CC(=O)NCCCNC(=O)OCc1cc(OCCCNC(=O)CNc3cccc4c3C(=O)N(C3CCC(=O)NC3=O)C4=O)ccc1[N+](=O)[O-])c1nnc(C)n1-2. The lowest BCUT2D eigenvalue weighted by Gasteiger charge is -2.27. The molecule has 0 saturated carbocycles. The third kappa shape index (κ3) is 11.0. The van der Waals surface area contributed by atoms with E-state index >= 15 is 0 Å². The molecule has 5 heterocycles. The number of carbonyl (C=O) groups excluding carboxylic acids is 7. The number of halogens is 1. The fourth-order valence-electron chi connectivity index (χ4n) is 8.42. The van der Waals surface area contributed by atoms with Gasteiger partial charge in [-0.25, -0.2) is 4.79 Å². The van der Waals surface area contributed by atoms with Gasteiger partial charge in [-0.2, -0.15) is 0 Å². The number of nitro benzene ring substituents is 1. The number of carbonyl (C=O) groups is 7. The number of imide groups is 2. The molecule has 3 aromatic carbocycles. The molecule has 72 heavy (non-hydrogen) atoms. The van der Waals surface area contributed by atoms with Crippen LogP contribution >= 0.6 is 22.9 Å². The van der Waals surface area contributed by atoms with Gasteiger partial charge in [-0.15, -0.1) is 21.5 Å². The highest BCUT2D eigenvalue weighted by Crippen LogP contribution is 2.40. The van der Waals surface area contributed by atoms with Crippen LogP contribution < -0.4 is 31.3 Å². The predicted octanol–water partition coefficient (Wildman–Crippen LogP) is 4.93. The minimum atomic E-state index is -1.13. The average molecular weight is 1020 g/mol. The molecule has 2 atom stereocenters. The third-order valence-electron chi connectivity index (χ3n) is 12.1. The Balaban J connectivity index is 0.758. The molecule has 8 rings (SSSR count). The highest BCUT2D eigenvalue weighted by Gasteiger charge is 2.45. The largest absolute Gasteiger partial charge is 0.494 e. The third-order valence-corrected chi connectivity index (χ3v) is 13.6. The van der Waals surface area contributed by atoms with Gasteiger partial charge in [0.15, 0.2) is 5.82 Å². The predicted molar refractivity (Wildman–Crippen MR) is 262 cm³/mol. The topological polar surface area (TPSA) is 288 Å². The van der Waals surface area contributed by atoms with Crippen molar-refractivity contribution in [1.82, 2.24) is 40.9 Å². The minimum Gasteiger partial charge on any atom is -0.494 e.